The zero-order chi connectivity index (χ0) is 12.0. The lowest BCUT2D eigenvalue weighted by Gasteiger charge is -2.10. The maximum atomic E-state index is 11.5. The number of aromatic nitrogens is 1. The van der Waals surface area contributed by atoms with Crippen LogP contribution in [0.5, 0.6) is 0 Å². The van der Waals surface area contributed by atoms with Crippen molar-refractivity contribution in [3.63, 3.8) is 0 Å². The van der Waals surface area contributed by atoms with E-state index in [0.29, 0.717) is 12.1 Å². The summed E-state index contributed by atoms with van der Waals surface area (Å²) in [6.45, 7) is 1.90. The maximum absolute atomic E-state index is 11.5. The minimum Gasteiger partial charge on any atom is -0.481 e. The summed E-state index contributed by atoms with van der Waals surface area (Å²) in [7, 11) is 0. The lowest BCUT2D eigenvalue weighted by Crippen LogP contribution is -2.33. The van der Waals surface area contributed by atoms with E-state index < -0.39 is 11.9 Å². The van der Waals surface area contributed by atoms with Crippen molar-refractivity contribution in [1.82, 2.24) is 10.3 Å². The van der Waals surface area contributed by atoms with Crippen LogP contribution in [0.4, 0.5) is 0 Å². The molecule has 0 bridgehead atoms. The molecule has 0 aliphatic carbocycles. The minimum absolute atomic E-state index is 0.126. The van der Waals surface area contributed by atoms with Gasteiger partial charge >= 0.3 is 5.97 Å². The molecule has 1 atom stereocenters. The first-order valence-corrected chi connectivity index (χ1v) is 5.07. The highest BCUT2D eigenvalue weighted by molar-refractivity contribution is 5.92. The van der Waals surface area contributed by atoms with Crippen LogP contribution in [-0.2, 0) is 4.79 Å². The van der Waals surface area contributed by atoms with Crippen molar-refractivity contribution < 1.29 is 14.7 Å². The molecule has 0 fully saturated rings. The second-order valence-electron chi connectivity index (χ2n) is 3.37. The Morgan fingerprint density at radius 3 is 2.75 bits per heavy atom. The van der Waals surface area contributed by atoms with Gasteiger partial charge < -0.3 is 10.4 Å². The van der Waals surface area contributed by atoms with Gasteiger partial charge in [-0.3, -0.25) is 14.6 Å². The van der Waals surface area contributed by atoms with Gasteiger partial charge in [0.05, 0.1) is 5.92 Å². The van der Waals surface area contributed by atoms with E-state index >= 15 is 0 Å². The van der Waals surface area contributed by atoms with Crippen LogP contribution in [0.15, 0.2) is 24.4 Å². The van der Waals surface area contributed by atoms with E-state index in [-0.39, 0.29) is 12.5 Å². The Morgan fingerprint density at radius 2 is 2.25 bits per heavy atom. The number of rotatable bonds is 5. The van der Waals surface area contributed by atoms with Gasteiger partial charge in [0, 0.05) is 12.7 Å². The number of pyridine rings is 1. The fraction of sp³-hybridized carbons (Fsp3) is 0.364. The number of carbonyl (C=O) groups excluding carboxylic acids is 1. The minimum atomic E-state index is -0.899. The molecular weight excluding hydrogens is 208 g/mol. The van der Waals surface area contributed by atoms with Crippen molar-refractivity contribution in [3.05, 3.63) is 30.1 Å². The van der Waals surface area contributed by atoms with Crippen molar-refractivity contribution >= 4 is 11.9 Å². The van der Waals surface area contributed by atoms with E-state index in [2.05, 4.69) is 10.3 Å². The Balaban J connectivity index is 2.50. The van der Waals surface area contributed by atoms with E-state index in [1.807, 2.05) is 0 Å². The number of nitrogens with one attached hydrogen (secondary N) is 1. The van der Waals surface area contributed by atoms with Crippen molar-refractivity contribution in [1.29, 1.82) is 0 Å². The Hall–Kier alpha value is -1.91. The monoisotopic (exact) mass is 222 g/mol. The highest BCUT2D eigenvalue weighted by atomic mass is 16.4. The number of carboxylic acids is 1. The maximum Gasteiger partial charge on any atom is 0.308 e. The predicted octanol–water partition coefficient (Wildman–Crippen LogP) is 0.922. The Bertz CT molecular complexity index is 365. The van der Waals surface area contributed by atoms with E-state index in [1.165, 1.54) is 6.20 Å². The summed E-state index contributed by atoms with van der Waals surface area (Å²) in [4.78, 5) is 26.1. The predicted molar refractivity (Wildman–Crippen MR) is 58.0 cm³/mol. The molecule has 1 rings (SSSR count). The van der Waals surface area contributed by atoms with Crippen molar-refractivity contribution in [2.24, 2.45) is 5.92 Å². The van der Waals surface area contributed by atoms with Gasteiger partial charge in [-0.25, -0.2) is 0 Å². The summed E-state index contributed by atoms with van der Waals surface area (Å²) in [5.74, 6) is -1.79. The lowest BCUT2D eigenvalue weighted by molar-refractivity contribution is -0.141. The van der Waals surface area contributed by atoms with Crippen LogP contribution < -0.4 is 5.32 Å². The summed E-state index contributed by atoms with van der Waals surface area (Å²) < 4.78 is 0. The molecule has 0 radical (unpaired) electrons. The molecule has 1 aromatic rings. The highest BCUT2D eigenvalue weighted by Gasteiger charge is 2.16. The average Bonchev–Trinajstić information content (AvgIpc) is 2.30. The molecular formula is C11H14N2O3. The smallest absolute Gasteiger partial charge is 0.308 e. The van der Waals surface area contributed by atoms with Gasteiger partial charge in [-0.1, -0.05) is 13.0 Å². The van der Waals surface area contributed by atoms with Crippen LogP contribution in [0.2, 0.25) is 0 Å². The van der Waals surface area contributed by atoms with Gasteiger partial charge in [0.15, 0.2) is 0 Å². The second-order valence-corrected chi connectivity index (χ2v) is 3.37. The van der Waals surface area contributed by atoms with Crippen LogP contribution >= 0.6 is 0 Å². The third-order valence-corrected chi connectivity index (χ3v) is 2.25. The zero-order valence-corrected chi connectivity index (χ0v) is 9.01. The molecule has 5 heteroatoms. The molecule has 0 saturated heterocycles. The summed E-state index contributed by atoms with van der Waals surface area (Å²) >= 11 is 0. The first-order valence-electron chi connectivity index (χ1n) is 5.07. The van der Waals surface area contributed by atoms with E-state index in [0.717, 1.165) is 0 Å². The number of hydrogen-bond donors (Lipinski definition) is 2. The summed E-state index contributed by atoms with van der Waals surface area (Å²) in [5.41, 5.74) is 0.294. The fourth-order valence-electron chi connectivity index (χ4n) is 1.21. The molecule has 86 valence electrons. The standard InChI is InChI=1S/C11H14N2O3/c1-2-8(11(15)16)7-13-10(14)9-5-3-4-6-12-9/h3-6,8H,2,7H2,1H3,(H,13,14)(H,15,16). The zero-order valence-electron chi connectivity index (χ0n) is 9.01. The number of carboxylic acid groups (broad SMARTS) is 1. The largest absolute Gasteiger partial charge is 0.481 e. The lowest BCUT2D eigenvalue weighted by atomic mass is 10.1. The first kappa shape index (κ1) is 12.2. The van der Waals surface area contributed by atoms with Gasteiger partial charge in [-0.15, -0.1) is 0 Å². The molecule has 1 unspecified atom stereocenters. The van der Waals surface area contributed by atoms with Gasteiger partial charge in [-0.2, -0.15) is 0 Å². The Morgan fingerprint density at radius 1 is 1.50 bits per heavy atom. The Kier molecular flexibility index (Phi) is 4.44. The molecule has 1 heterocycles. The van der Waals surface area contributed by atoms with Gasteiger partial charge in [0.2, 0.25) is 0 Å². The van der Waals surface area contributed by atoms with E-state index in [4.69, 9.17) is 5.11 Å². The molecule has 0 aliphatic heterocycles. The molecule has 0 aromatic carbocycles. The normalized spacial score (nSPS) is 11.8. The van der Waals surface area contributed by atoms with Crippen molar-refractivity contribution in [3.8, 4) is 0 Å². The van der Waals surface area contributed by atoms with E-state index in [1.54, 1.807) is 25.1 Å². The van der Waals surface area contributed by atoms with Gasteiger partial charge in [-0.05, 0) is 18.6 Å². The van der Waals surface area contributed by atoms with Crippen LogP contribution in [-0.4, -0.2) is 28.5 Å². The third kappa shape index (κ3) is 3.34. The molecule has 1 aromatic heterocycles. The Labute approximate surface area is 93.5 Å². The van der Waals surface area contributed by atoms with Crippen LogP contribution in [0.1, 0.15) is 23.8 Å². The molecule has 1 amide bonds. The molecule has 5 nitrogen and oxygen atoms in total. The fourth-order valence-corrected chi connectivity index (χ4v) is 1.21. The molecule has 2 N–H and O–H groups in total. The van der Waals surface area contributed by atoms with Crippen LogP contribution in [0.3, 0.4) is 0 Å². The molecule has 16 heavy (non-hydrogen) atoms. The summed E-state index contributed by atoms with van der Waals surface area (Å²) in [6.07, 6.45) is 2.00. The topological polar surface area (TPSA) is 79.3 Å². The number of aliphatic carboxylic acids is 1. The number of hydrogen-bond acceptors (Lipinski definition) is 3. The van der Waals surface area contributed by atoms with Crippen LogP contribution in [0.25, 0.3) is 0 Å². The van der Waals surface area contributed by atoms with Crippen molar-refractivity contribution in [2.45, 2.75) is 13.3 Å². The number of amides is 1. The summed E-state index contributed by atoms with van der Waals surface area (Å²) in [5, 5.41) is 11.3. The number of nitrogens with zero attached hydrogens (tertiary/aromatic N) is 1. The molecule has 0 spiro atoms. The van der Waals surface area contributed by atoms with Crippen LogP contribution in [0, 0.1) is 5.92 Å². The first-order chi connectivity index (χ1) is 7.65. The number of carbonyl (C=O) groups is 2. The molecule has 0 aliphatic rings. The highest BCUT2D eigenvalue weighted by Crippen LogP contribution is 2.01. The van der Waals surface area contributed by atoms with Gasteiger partial charge in [0.1, 0.15) is 5.69 Å². The SMILES string of the molecule is CCC(CNC(=O)c1ccccn1)C(=O)O. The quantitative estimate of drug-likeness (QED) is 0.776. The van der Waals surface area contributed by atoms with Crippen molar-refractivity contribution in [2.75, 3.05) is 6.54 Å². The van der Waals surface area contributed by atoms with E-state index in [9.17, 15) is 9.59 Å². The second kappa shape index (κ2) is 5.85. The van der Waals surface area contributed by atoms with Gasteiger partial charge in [0.25, 0.3) is 5.91 Å². The summed E-state index contributed by atoms with van der Waals surface area (Å²) in [6, 6.07) is 5.00. The third-order valence-electron chi connectivity index (χ3n) is 2.25. The molecule has 0 saturated carbocycles. The average molecular weight is 222 g/mol.